The summed E-state index contributed by atoms with van der Waals surface area (Å²) in [5.41, 5.74) is 3.60. The first-order valence-corrected chi connectivity index (χ1v) is 9.91. The fraction of sp³-hybridized carbons (Fsp3) is 0.333. The number of halogens is 2. The molecule has 148 valence electrons. The van der Waals surface area contributed by atoms with E-state index in [-0.39, 0.29) is 0 Å². The van der Waals surface area contributed by atoms with Gasteiger partial charge in [-0.15, -0.1) is 0 Å². The first-order valence-electron chi connectivity index (χ1n) is 9.15. The van der Waals surface area contributed by atoms with Crippen LogP contribution < -0.4 is 4.90 Å². The van der Waals surface area contributed by atoms with Gasteiger partial charge in [0.2, 0.25) is 0 Å². The third-order valence-electron chi connectivity index (χ3n) is 5.05. The summed E-state index contributed by atoms with van der Waals surface area (Å²) in [5, 5.41) is 9.84. The molecule has 28 heavy (non-hydrogen) atoms. The number of anilines is 1. The van der Waals surface area contributed by atoms with Crippen LogP contribution in [0.5, 0.6) is 0 Å². The number of aryl methyl sites for hydroxylation is 1. The van der Waals surface area contributed by atoms with Crippen molar-refractivity contribution in [3.8, 4) is 0 Å². The van der Waals surface area contributed by atoms with Crippen molar-refractivity contribution in [1.29, 1.82) is 5.41 Å². The zero-order chi connectivity index (χ0) is 20.4. The van der Waals surface area contributed by atoms with Gasteiger partial charge in [-0.25, -0.2) is 4.98 Å². The van der Waals surface area contributed by atoms with Crippen molar-refractivity contribution in [2.24, 2.45) is 0 Å². The average Bonchev–Trinajstić information content (AvgIpc) is 2.67. The van der Waals surface area contributed by atoms with Crippen molar-refractivity contribution < 1.29 is 0 Å². The quantitative estimate of drug-likeness (QED) is 0.592. The van der Waals surface area contributed by atoms with Crippen LogP contribution in [0.3, 0.4) is 0 Å². The van der Waals surface area contributed by atoms with Crippen LogP contribution in [0.2, 0.25) is 10.0 Å². The van der Waals surface area contributed by atoms with Gasteiger partial charge in [-0.3, -0.25) is 5.41 Å². The number of nitrogens with one attached hydrogen (secondary N) is 1. The SMILES string of the molecule is C=C(c1cnc(N2CCN(C(=N)c3c(C)cccc3Cl)CC2)c(Cl)c1)N(C)C. The topological polar surface area (TPSA) is 46.5 Å². The summed E-state index contributed by atoms with van der Waals surface area (Å²) >= 11 is 12.8. The molecule has 2 aromatic rings. The second kappa shape index (κ2) is 8.41. The molecule has 0 aliphatic carbocycles. The van der Waals surface area contributed by atoms with E-state index >= 15 is 0 Å². The van der Waals surface area contributed by atoms with E-state index in [1.165, 1.54) is 0 Å². The minimum atomic E-state index is 0.472. The molecule has 7 heteroatoms. The second-order valence-corrected chi connectivity index (χ2v) is 7.94. The first-order chi connectivity index (χ1) is 13.3. The Balaban J connectivity index is 1.70. The van der Waals surface area contributed by atoms with Crippen molar-refractivity contribution in [1.82, 2.24) is 14.8 Å². The Bertz CT molecular complexity index is 881. The van der Waals surface area contributed by atoms with Gasteiger partial charge < -0.3 is 14.7 Å². The number of aromatic nitrogens is 1. The van der Waals surface area contributed by atoms with Gasteiger partial charge in [0, 0.05) is 63.3 Å². The van der Waals surface area contributed by atoms with E-state index in [1.54, 1.807) is 0 Å². The molecule has 1 aliphatic rings. The number of amidine groups is 1. The van der Waals surface area contributed by atoms with Crippen molar-refractivity contribution in [2.75, 3.05) is 45.2 Å². The highest BCUT2D eigenvalue weighted by molar-refractivity contribution is 6.34. The van der Waals surface area contributed by atoms with Gasteiger partial charge in [0.05, 0.1) is 10.0 Å². The van der Waals surface area contributed by atoms with E-state index < -0.39 is 0 Å². The van der Waals surface area contributed by atoms with Gasteiger partial charge >= 0.3 is 0 Å². The molecular weight excluding hydrogens is 393 g/mol. The third kappa shape index (κ3) is 4.10. The number of nitrogens with zero attached hydrogens (tertiary/aromatic N) is 4. The van der Waals surface area contributed by atoms with E-state index in [4.69, 9.17) is 28.6 Å². The third-order valence-corrected chi connectivity index (χ3v) is 5.64. The summed E-state index contributed by atoms with van der Waals surface area (Å²) < 4.78 is 0. The Morgan fingerprint density at radius 2 is 1.82 bits per heavy atom. The second-order valence-electron chi connectivity index (χ2n) is 7.12. The maximum atomic E-state index is 8.60. The Morgan fingerprint density at radius 1 is 1.14 bits per heavy atom. The highest BCUT2D eigenvalue weighted by Gasteiger charge is 2.24. The van der Waals surface area contributed by atoms with E-state index in [2.05, 4.69) is 21.4 Å². The largest absolute Gasteiger partial charge is 0.378 e. The lowest BCUT2D eigenvalue weighted by Gasteiger charge is -2.37. The molecule has 1 aromatic heterocycles. The Labute approximate surface area is 176 Å². The molecule has 0 saturated carbocycles. The molecule has 1 fully saturated rings. The minimum absolute atomic E-state index is 0.472. The summed E-state index contributed by atoms with van der Waals surface area (Å²) in [4.78, 5) is 10.7. The number of benzene rings is 1. The molecule has 0 spiro atoms. The van der Waals surface area contributed by atoms with Crippen LogP contribution in [0, 0.1) is 12.3 Å². The molecule has 1 aliphatic heterocycles. The minimum Gasteiger partial charge on any atom is -0.378 e. The van der Waals surface area contributed by atoms with E-state index in [1.807, 2.05) is 56.4 Å². The monoisotopic (exact) mass is 417 g/mol. The lowest BCUT2D eigenvalue weighted by atomic mass is 10.1. The van der Waals surface area contributed by atoms with Crippen molar-refractivity contribution >= 4 is 40.6 Å². The van der Waals surface area contributed by atoms with Gasteiger partial charge in [-0.1, -0.05) is 41.9 Å². The van der Waals surface area contributed by atoms with E-state index in [0.717, 1.165) is 41.3 Å². The Kier molecular flexibility index (Phi) is 6.16. The van der Waals surface area contributed by atoms with Crippen LogP contribution in [0.4, 0.5) is 5.82 Å². The summed E-state index contributed by atoms with van der Waals surface area (Å²) in [6, 6.07) is 7.64. The number of pyridine rings is 1. The Hall–Kier alpha value is -2.24. The predicted molar refractivity (Wildman–Crippen MR) is 119 cm³/mol. The maximum Gasteiger partial charge on any atom is 0.147 e. The van der Waals surface area contributed by atoms with Crippen molar-refractivity contribution in [2.45, 2.75) is 6.92 Å². The van der Waals surface area contributed by atoms with Crippen LogP contribution >= 0.6 is 23.2 Å². The van der Waals surface area contributed by atoms with Crippen LogP contribution in [0.15, 0.2) is 37.0 Å². The molecule has 1 aromatic carbocycles. The number of piperazine rings is 1. The fourth-order valence-corrected chi connectivity index (χ4v) is 3.91. The maximum absolute atomic E-state index is 8.60. The standard InChI is InChI=1S/C21H25Cl2N5/c1-14-6-5-7-17(22)19(14)20(24)27-8-10-28(11-9-27)21-18(23)12-16(13-25-21)15(2)26(3)4/h5-7,12-13,24H,2,8-11H2,1,3-4H3. The van der Waals surface area contributed by atoms with Crippen molar-refractivity contribution in [3.05, 3.63) is 63.8 Å². The zero-order valence-electron chi connectivity index (χ0n) is 16.5. The fourth-order valence-electron chi connectivity index (χ4n) is 3.31. The molecule has 1 saturated heterocycles. The smallest absolute Gasteiger partial charge is 0.147 e. The number of hydrogen-bond donors (Lipinski definition) is 1. The Morgan fingerprint density at radius 3 is 2.39 bits per heavy atom. The van der Waals surface area contributed by atoms with Crippen LogP contribution in [-0.2, 0) is 0 Å². The van der Waals surface area contributed by atoms with Crippen LogP contribution in [0.1, 0.15) is 16.7 Å². The molecule has 5 nitrogen and oxygen atoms in total. The summed E-state index contributed by atoms with van der Waals surface area (Å²) in [5.74, 6) is 1.25. The predicted octanol–water partition coefficient (Wildman–Crippen LogP) is 4.38. The molecule has 2 heterocycles. The highest BCUT2D eigenvalue weighted by atomic mass is 35.5. The van der Waals surface area contributed by atoms with Gasteiger partial charge in [-0.05, 0) is 24.6 Å². The summed E-state index contributed by atoms with van der Waals surface area (Å²) in [7, 11) is 3.89. The van der Waals surface area contributed by atoms with Gasteiger partial charge in [0.15, 0.2) is 0 Å². The lowest BCUT2D eigenvalue weighted by Crippen LogP contribution is -2.49. The molecule has 3 rings (SSSR count). The normalized spacial score (nSPS) is 14.2. The zero-order valence-corrected chi connectivity index (χ0v) is 18.0. The number of hydrogen-bond acceptors (Lipinski definition) is 4. The molecule has 1 N–H and O–H groups in total. The van der Waals surface area contributed by atoms with Crippen LogP contribution in [-0.4, -0.2) is 60.9 Å². The van der Waals surface area contributed by atoms with Gasteiger partial charge in [0.25, 0.3) is 0 Å². The molecule has 0 bridgehead atoms. The number of rotatable bonds is 4. The molecule has 0 atom stereocenters. The van der Waals surface area contributed by atoms with Gasteiger partial charge in [-0.2, -0.15) is 0 Å². The summed E-state index contributed by atoms with van der Waals surface area (Å²) in [6.07, 6.45) is 1.81. The van der Waals surface area contributed by atoms with E-state index in [0.29, 0.717) is 29.0 Å². The first kappa shape index (κ1) is 20.5. The molecule has 0 unspecified atom stereocenters. The molecule has 0 radical (unpaired) electrons. The molecular formula is C21H25Cl2N5. The highest BCUT2D eigenvalue weighted by Crippen LogP contribution is 2.28. The summed E-state index contributed by atoms with van der Waals surface area (Å²) in [6.45, 7) is 8.95. The molecule has 0 amide bonds. The van der Waals surface area contributed by atoms with E-state index in [9.17, 15) is 0 Å². The van der Waals surface area contributed by atoms with Crippen LogP contribution in [0.25, 0.3) is 5.70 Å². The van der Waals surface area contributed by atoms with Crippen molar-refractivity contribution in [3.63, 3.8) is 0 Å². The average molecular weight is 418 g/mol. The lowest BCUT2D eigenvalue weighted by molar-refractivity contribution is 0.383. The van der Waals surface area contributed by atoms with Gasteiger partial charge in [0.1, 0.15) is 11.7 Å².